The minimum atomic E-state index is -0.354. The lowest BCUT2D eigenvalue weighted by atomic mass is 10.2. The first-order valence-electron chi connectivity index (χ1n) is 6.77. The number of benzene rings is 1. The Hall–Kier alpha value is -1.62. The molecule has 1 aliphatic carbocycles. The topological polar surface area (TPSA) is 64.4 Å². The fourth-order valence-corrected chi connectivity index (χ4v) is 2.41. The van der Waals surface area contributed by atoms with E-state index in [0.717, 1.165) is 18.4 Å². The summed E-state index contributed by atoms with van der Waals surface area (Å²) in [7, 11) is 0. The van der Waals surface area contributed by atoms with E-state index in [9.17, 15) is 10.1 Å². The lowest BCUT2D eigenvalue weighted by Crippen LogP contribution is -2.15. The molecule has 0 heterocycles. The Bertz CT molecular complexity index is 442. The number of nitro groups is 1. The minimum Gasteiger partial charge on any atom is -0.377 e. The Kier molecular flexibility index (Phi) is 4.74. The fraction of sp³-hybridized carbons (Fsp3) is 0.571. The molecule has 1 aromatic carbocycles. The van der Waals surface area contributed by atoms with E-state index in [1.807, 2.05) is 13.0 Å². The SMILES string of the molecule is Cc1ccc(NCCOC2CCCC2)c([N+](=O)[O-])c1. The minimum absolute atomic E-state index is 0.126. The third-order valence-corrected chi connectivity index (χ3v) is 3.42. The average molecular weight is 264 g/mol. The number of nitrogens with one attached hydrogen (secondary N) is 1. The zero-order valence-electron chi connectivity index (χ0n) is 11.2. The molecule has 0 radical (unpaired) electrons. The van der Waals surface area contributed by atoms with E-state index >= 15 is 0 Å². The highest BCUT2D eigenvalue weighted by molar-refractivity contribution is 5.62. The van der Waals surface area contributed by atoms with E-state index < -0.39 is 0 Å². The van der Waals surface area contributed by atoms with Crippen LogP contribution in [0.2, 0.25) is 0 Å². The van der Waals surface area contributed by atoms with Crippen molar-refractivity contribution in [1.29, 1.82) is 0 Å². The normalized spacial score (nSPS) is 15.6. The zero-order valence-corrected chi connectivity index (χ0v) is 11.2. The molecule has 5 heteroatoms. The number of hydrogen-bond donors (Lipinski definition) is 1. The molecular weight excluding hydrogens is 244 g/mol. The Balaban J connectivity index is 1.83. The molecule has 19 heavy (non-hydrogen) atoms. The Morgan fingerprint density at radius 1 is 1.42 bits per heavy atom. The first kappa shape index (κ1) is 13.8. The van der Waals surface area contributed by atoms with Crippen molar-refractivity contribution in [3.63, 3.8) is 0 Å². The van der Waals surface area contributed by atoms with E-state index in [1.54, 1.807) is 12.1 Å². The predicted octanol–water partition coefficient (Wildman–Crippen LogP) is 3.27. The van der Waals surface area contributed by atoms with E-state index in [4.69, 9.17) is 4.74 Å². The van der Waals surface area contributed by atoms with Gasteiger partial charge in [-0.2, -0.15) is 0 Å². The van der Waals surface area contributed by atoms with Crippen molar-refractivity contribution in [3.05, 3.63) is 33.9 Å². The molecule has 1 fully saturated rings. The summed E-state index contributed by atoms with van der Waals surface area (Å²) in [6.45, 7) is 3.04. The van der Waals surface area contributed by atoms with Gasteiger partial charge in [0.1, 0.15) is 5.69 Å². The van der Waals surface area contributed by atoms with Gasteiger partial charge in [0, 0.05) is 12.6 Å². The Labute approximate surface area is 113 Å². The molecule has 0 saturated heterocycles. The molecule has 1 saturated carbocycles. The van der Waals surface area contributed by atoms with Gasteiger partial charge >= 0.3 is 0 Å². The molecule has 0 amide bonds. The lowest BCUT2D eigenvalue weighted by molar-refractivity contribution is -0.384. The Morgan fingerprint density at radius 3 is 2.84 bits per heavy atom. The van der Waals surface area contributed by atoms with Crippen LogP contribution in [0.3, 0.4) is 0 Å². The molecular formula is C14H20N2O3. The summed E-state index contributed by atoms with van der Waals surface area (Å²) in [5.41, 5.74) is 1.57. The molecule has 0 unspecified atom stereocenters. The van der Waals surface area contributed by atoms with Gasteiger partial charge in [-0.15, -0.1) is 0 Å². The first-order valence-corrected chi connectivity index (χ1v) is 6.77. The van der Waals surface area contributed by atoms with Gasteiger partial charge in [0.05, 0.1) is 17.6 Å². The number of ether oxygens (including phenoxy) is 1. The second-order valence-electron chi connectivity index (χ2n) is 4.98. The van der Waals surface area contributed by atoms with E-state index in [0.29, 0.717) is 24.9 Å². The molecule has 104 valence electrons. The van der Waals surface area contributed by atoms with E-state index in [-0.39, 0.29) is 10.6 Å². The summed E-state index contributed by atoms with van der Waals surface area (Å²) >= 11 is 0. The number of nitrogens with zero attached hydrogens (tertiary/aromatic N) is 1. The number of aryl methyl sites for hydroxylation is 1. The van der Waals surface area contributed by atoms with Crippen LogP contribution < -0.4 is 5.32 Å². The summed E-state index contributed by atoms with van der Waals surface area (Å²) in [6, 6.07) is 5.20. The van der Waals surface area contributed by atoms with Gasteiger partial charge in [-0.25, -0.2) is 0 Å². The highest BCUT2D eigenvalue weighted by Crippen LogP contribution is 2.25. The van der Waals surface area contributed by atoms with Crippen molar-refractivity contribution in [2.45, 2.75) is 38.7 Å². The summed E-state index contributed by atoms with van der Waals surface area (Å²) in [5.74, 6) is 0. The molecule has 1 aromatic rings. The highest BCUT2D eigenvalue weighted by Gasteiger charge is 2.16. The smallest absolute Gasteiger partial charge is 0.292 e. The fourth-order valence-electron chi connectivity index (χ4n) is 2.41. The molecule has 0 aromatic heterocycles. The van der Waals surface area contributed by atoms with Crippen LogP contribution in [0.5, 0.6) is 0 Å². The van der Waals surface area contributed by atoms with Crippen LogP contribution >= 0.6 is 0 Å². The van der Waals surface area contributed by atoms with Crippen molar-refractivity contribution >= 4 is 11.4 Å². The third kappa shape index (κ3) is 3.92. The first-order chi connectivity index (χ1) is 9.16. The molecule has 1 aliphatic rings. The van der Waals surface area contributed by atoms with Crippen molar-refractivity contribution in [2.24, 2.45) is 0 Å². The summed E-state index contributed by atoms with van der Waals surface area (Å²) < 4.78 is 5.72. The molecule has 2 rings (SSSR count). The number of rotatable bonds is 6. The second kappa shape index (κ2) is 6.52. The summed E-state index contributed by atoms with van der Waals surface area (Å²) in [5, 5.41) is 14.0. The van der Waals surface area contributed by atoms with Crippen molar-refractivity contribution in [3.8, 4) is 0 Å². The number of nitro benzene ring substituents is 1. The molecule has 0 spiro atoms. The van der Waals surface area contributed by atoms with Crippen LogP contribution in [0.4, 0.5) is 11.4 Å². The van der Waals surface area contributed by atoms with Crippen LogP contribution in [-0.4, -0.2) is 24.2 Å². The van der Waals surface area contributed by atoms with Crippen molar-refractivity contribution in [2.75, 3.05) is 18.5 Å². The third-order valence-electron chi connectivity index (χ3n) is 3.42. The molecule has 1 N–H and O–H groups in total. The largest absolute Gasteiger partial charge is 0.377 e. The standard InChI is InChI=1S/C14H20N2O3/c1-11-6-7-13(14(10-11)16(17)18)15-8-9-19-12-4-2-3-5-12/h6-7,10,12,15H,2-5,8-9H2,1H3. The summed E-state index contributed by atoms with van der Waals surface area (Å²) in [4.78, 5) is 10.6. The van der Waals surface area contributed by atoms with Gasteiger partial charge in [0.2, 0.25) is 0 Å². The maximum absolute atomic E-state index is 11.0. The van der Waals surface area contributed by atoms with Crippen LogP contribution in [-0.2, 0) is 4.74 Å². The molecule has 0 atom stereocenters. The lowest BCUT2D eigenvalue weighted by Gasteiger charge is -2.12. The van der Waals surface area contributed by atoms with E-state index in [1.165, 1.54) is 12.8 Å². The molecule has 0 aliphatic heterocycles. The van der Waals surface area contributed by atoms with Gasteiger partial charge in [0.15, 0.2) is 0 Å². The highest BCUT2D eigenvalue weighted by atomic mass is 16.6. The van der Waals surface area contributed by atoms with Crippen LogP contribution in [0, 0.1) is 17.0 Å². The van der Waals surface area contributed by atoms with Crippen molar-refractivity contribution in [1.82, 2.24) is 0 Å². The molecule has 5 nitrogen and oxygen atoms in total. The van der Waals surface area contributed by atoms with Gasteiger partial charge in [-0.3, -0.25) is 10.1 Å². The van der Waals surface area contributed by atoms with E-state index in [2.05, 4.69) is 5.32 Å². The predicted molar refractivity (Wildman–Crippen MR) is 74.5 cm³/mol. The van der Waals surface area contributed by atoms with Gasteiger partial charge < -0.3 is 10.1 Å². The van der Waals surface area contributed by atoms with Gasteiger partial charge in [0.25, 0.3) is 5.69 Å². The van der Waals surface area contributed by atoms with Crippen LogP contribution in [0.1, 0.15) is 31.2 Å². The van der Waals surface area contributed by atoms with Gasteiger partial charge in [-0.1, -0.05) is 18.9 Å². The number of hydrogen-bond acceptors (Lipinski definition) is 4. The maximum atomic E-state index is 11.0. The van der Waals surface area contributed by atoms with Crippen LogP contribution in [0.15, 0.2) is 18.2 Å². The maximum Gasteiger partial charge on any atom is 0.292 e. The second-order valence-corrected chi connectivity index (χ2v) is 4.98. The average Bonchev–Trinajstić information content (AvgIpc) is 2.89. The van der Waals surface area contributed by atoms with Crippen molar-refractivity contribution < 1.29 is 9.66 Å². The zero-order chi connectivity index (χ0) is 13.7. The van der Waals surface area contributed by atoms with Gasteiger partial charge in [-0.05, 0) is 31.4 Å². The summed E-state index contributed by atoms with van der Waals surface area (Å²) in [6.07, 6.45) is 5.17. The number of anilines is 1. The van der Waals surface area contributed by atoms with Crippen LogP contribution in [0.25, 0.3) is 0 Å². The Morgan fingerprint density at radius 2 is 2.16 bits per heavy atom. The quantitative estimate of drug-likeness (QED) is 0.486. The monoisotopic (exact) mass is 264 g/mol. The molecule has 0 bridgehead atoms.